The molecule has 2 rings (SSSR count). The molecular weight excluding hydrogens is 499 g/mol. The highest BCUT2D eigenvalue weighted by atomic mass is 31.2. The van der Waals surface area contributed by atoms with Crippen molar-refractivity contribution >= 4 is 27.9 Å². The minimum Gasteiger partial charge on any atom is -0.481 e. The van der Waals surface area contributed by atoms with E-state index in [0.717, 1.165) is 11.1 Å². The molecule has 0 amide bonds. The first-order chi connectivity index (χ1) is 16.7. The molecule has 0 aliphatic heterocycles. The average Bonchev–Trinajstić information content (AvgIpc) is 2.81. The molecule has 10 heteroatoms. The second kappa shape index (κ2) is 12.8. The van der Waals surface area contributed by atoms with Crippen LogP contribution >= 0.6 is 7.60 Å². The fourth-order valence-corrected chi connectivity index (χ4v) is 6.23. The van der Waals surface area contributed by atoms with Gasteiger partial charge in [0.1, 0.15) is 6.10 Å². The molecule has 0 saturated carbocycles. The molecule has 36 heavy (non-hydrogen) atoms. The number of hydrogen-bond donors (Lipinski definition) is 2. The van der Waals surface area contributed by atoms with Crippen LogP contribution in [0.15, 0.2) is 60.7 Å². The maximum atomic E-state index is 13.8. The molecule has 2 atom stereocenters. The van der Waals surface area contributed by atoms with Gasteiger partial charge in [0.05, 0.1) is 25.3 Å². The summed E-state index contributed by atoms with van der Waals surface area (Å²) >= 11 is 0. The zero-order chi connectivity index (χ0) is 27.0. The Morgan fingerprint density at radius 3 is 1.67 bits per heavy atom. The van der Waals surface area contributed by atoms with Gasteiger partial charge in [-0.15, -0.1) is 0 Å². The van der Waals surface area contributed by atoms with E-state index in [1.165, 1.54) is 0 Å². The van der Waals surface area contributed by atoms with Gasteiger partial charge < -0.3 is 23.7 Å². The molecule has 2 aromatic rings. The van der Waals surface area contributed by atoms with Crippen LogP contribution in [0.2, 0.25) is 18.1 Å². The molecule has 0 aliphatic carbocycles. The Kier molecular flexibility index (Phi) is 10.6. The summed E-state index contributed by atoms with van der Waals surface area (Å²) in [6, 6.07) is 18.1. The highest BCUT2D eigenvalue weighted by molar-refractivity contribution is 7.53. The lowest BCUT2D eigenvalue weighted by molar-refractivity contribution is -0.148. The highest BCUT2D eigenvalue weighted by Gasteiger charge is 2.43. The second-order valence-electron chi connectivity index (χ2n) is 10.3. The Labute approximate surface area is 214 Å². The third-order valence-corrected chi connectivity index (χ3v) is 12.8. The summed E-state index contributed by atoms with van der Waals surface area (Å²) in [5.41, 5.74) is 1.50. The van der Waals surface area contributed by atoms with Crippen molar-refractivity contribution in [2.45, 2.75) is 64.6 Å². The van der Waals surface area contributed by atoms with Crippen LogP contribution in [0, 0.1) is 5.92 Å². The van der Waals surface area contributed by atoms with E-state index in [0.29, 0.717) is 0 Å². The van der Waals surface area contributed by atoms with Crippen LogP contribution in [0.25, 0.3) is 0 Å². The van der Waals surface area contributed by atoms with Gasteiger partial charge >= 0.3 is 19.5 Å². The quantitative estimate of drug-likeness (QED) is 0.217. The van der Waals surface area contributed by atoms with Crippen molar-refractivity contribution in [1.29, 1.82) is 0 Å². The monoisotopic (exact) mass is 536 g/mol. The van der Waals surface area contributed by atoms with Crippen molar-refractivity contribution < 1.29 is 37.8 Å². The summed E-state index contributed by atoms with van der Waals surface area (Å²) in [6.07, 6.45) is -2.19. The van der Waals surface area contributed by atoms with E-state index < -0.39 is 46.0 Å². The molecule has 0 aromatic heterocycles. The SMILES string of the molecule is CC(C)(C)[Si](C)(C)O[C@@H](C[C@@H](CP(=O)(OCc1ccccc1)OCc1ccccc1)C(=O)O)C(=O)O. The van der Waals surface area contributed by atoms with E-state index in [-0.39, 0.29) is 24.7 Å². The highest BCUT2D eigenvalue weighted by Crippen LogP contribution is 2.52. The van der Waals surface area contributed by atoms with Gasteiger partial charge in [-0.05, 0) is 35.7 Å². The molecule has 0 heterocycles. The second-order valence-corrected chi connectivity index (χ2v) is 17.1. The minimum atomic E-state index is -3.95. The van der Waals surface area contributed by atoms with Crippen LogP contribution in [0.1, 0.15) is 38.3 Å². The van der Waals surface area contributed by atoms with E-state index in [1.807, 2.05) is 70.3 Å². The molecule has 8 nitrogen and oxygen atoms in total. The third-order valence-electron chi connectivity index (χ3n) is 6.35. The number of carbonyl (C=O) groups is 2. The Morgan fingerprint density at radius 1 is 0.861 bits per heavy atom. The lowest BCUT2D eigenvalue weighted by Gasteiger charge is -2.38. The van der Waals surface area contributed by atoms with Crippen LogP contribution in [-0.4, -0.2) is 42.7 Å². The van der Waals surface area contributed by atoms with Gasteiger partial charge in [-0.3, -0.25) is 9.36 Å². The first-order valence-corrected chi connectivity index (χ1v) is 16.5. The Balaban J connectivity index is 2.25. The van der Waals surface area contributed by atoms with Crippen molar-refractivity contribution in [1.82, 2.24) is 0 Å². The lowest BCUT2D eigenvalue weighted by atomic mass is 10.0. The normalized spacial score (nSPS) is 14.2. The number of carboxylic acids is 2. The summed E-state index contributed by atoms with van der Waals surface area (Å²) in [5.74, 6) is -3.85. The number of hydrogen-bond acceptors (Lipinski definition) is 6. The predicted molar refractivity (Wildman–Crippen MR) is 140 cm³/mol. The molecule has 0 fully saturated rings. The third kappa shape index (κ3) is 9.30. The van der Waals surface area contributed by atoms with Gasteiger partial charge in [0.15, 0.2) is 8.32 Å². The zero-order valence-electron chi connectivity index (χ0n) is 21.5. The van der Waals surface area contributed by atoms with E-state index in [1.54, 1.807) is 24.3 Å². The summed E-state index contributed by atoms with van der Waals surface area (Å²) in [6.45, 7) is 9.62. The summed E-state index contributed by atoms with van der Waals surface area (Å²) in [7, 11) is -6.46. The smallest absolute Gasteiger partial charge is 0.332 e. The summed E-state index contributed by atoms with van der Waals surface area (Å²) in [4.78, 5) is 24.2. The number of aliphatic carboxylic acids is 2. The summed E-state index contributed by atoms with van der Waals surface area (Å²) < 4.78 is 31.2. The maximum Gasteiger partial charge on any atom is 0.332 e. The molecule has 2 N–H and O–H groups in total. The summed E-state index contributed by atoms with van der Waals surface area (Å²) in [5, 5.41) is 19.5. The van der Waals surface area contributed by atoms with E-state index in [2.05, 4.69) is 0 Å². The Hall–Kier alpha value is -2.29. The fraction of sp³-hybridized carbons (Fsp3) is 0.462. The number of benzene rings is 2. The topological polar surface area (TPSA) is 119 Å². The number of rotatable bonds is 14. The maximum absolute atomic E-state index is 13.8. The predicted octanol–water partition coefficient (Wildman–Crippen LogP) is 6.18. The van der Waals surface area contributed by atoms with Gasteiger partial charge in [0, 0.05) is 0 Å². The van der Waals surface area contributed by atoms with Crippen LogP contribution in [0.4, 0.5) is 0 Å². The van der Waals surface area contributed by atoms with Crippen LogP contribution < -0.4 is 0 Å². The van der Waals surface area contributed by atoms with Gasteiger partial charge in [-0.1, -0.05) is 81.4 Å². The van der Waals surface area contributed by atoms with Gasteiger partial charge in [-0.2, -0.15) is 0 Å². The first kappa shape index (κ1) is 29.9. The van der Waals surface area contributed by atoms with Gasteiger partial charge in [0.2, 0.25) is 0 Å². The van der Waals surface area contributed by atoms with E-state index in [9.17, 15) is 24.4 Å². The van der Waals surface area contributed by atoms with Gasteiger partial charge in [0.25, 0.3) is 0 Å². The minimum absolute atomic E-state index is 0.0396. The van der Waals surface area contributed by atoms with Crippen LogP contribution in [0.5, 0.6) is 0 Å². The molecular formula is C26H37O8PSi. The van der Waals surface area contributed by atoms with Gasteiger partial charge in [-0.25, -0.2) is 4.79 Å². The fourth-order valence-electron chi connectivity index (χ4n) is 3.15. The average molecular weight is 537 g/mol. The Bertz CT molecular complexity index is 989. The largest absolute Gasteiger partial charge is 0.481 e. The molecule has 2 aromatic carbocycles. The van der Waals surface area contributed by atoms with Crippen LogP contribution in [0.3, 0.4) is 0 Å². The molecule has 0 radical (unpaired) electrons. The van der Waals surface area contributed by atoms with Crippen molar-refractivity contribution in [2.24, 2.45) is 5.92 Å². The lowest BCUT2D eigenvalue weighted by Crippen LogP contribution is -2.47. The molecule has 0 saturated heterocycles. The standard InChI is InChI=1S/C26H37O8PSi/c1-26(2,3)36(4,5)34-23(25(29)30)16-22(24(27)28)19-35(31,32-17-20-12-8-6-9-13-20)33-18-21-14-10-7-11-15-21/h6-15,22-23H,16-19H2,1-5H3,(H,27,28)(H,29,30)/t22-,23-/m0/s1. The van der Waals surface area contributed by atoms with Crippen molar-refractivity contribution in [3.8, 4) is 0 Å². The molecule has 0 bridgehead atoms. The molecule has 0 unspecified atom stereocenters. The van der Waals surface area contributed by atoms with Crippen molar-refractivity contribution in [3.05, 3.63) is 71.8 Å². The van der Waals surface area contributed by atoms with Crippen LogP contribution in [-0.2, 0) is 40.8 Å². The van der Waals surface area contributed by atoms with Crippen molar-refractivity contribution in [2.75, 3.05) is 6.16 Å². The first-order valence-electron chi connectivity index (χ1n) is 11.8. The molecule has 198 valence electrons. The van der Waals surface area contributed by atoms with Crippen molar-refractivity contribution in [3.63, 3.8) is 0 Å². The number of carboxylic acid groups (broad SMARTS) is 2. The Morgan fingerprint density at radius 2 is 1.31 bits per heavy atom. The van der Waals surface area contributed by atoms with E-state index >= 15 is 0 Å². The zero-order valence-corrected chi connectivity index (χ0v) is 23.4. The molecule has 0 spiro atoms. The van der Waals surface area contributed by atoms with E-state index in [4.69, 9.17) is 13.5 Å². The molecule has 0 aliphatic rings.